The monoisotopic (exact) mass is 320 g/mol. The molecule has 3 heteroatoms. The van der Waals surface area contributed by atoms with Crippen molar-refractivity contribution >= 4 is 0 Å². The zero-order valence-electron chi connectivity index (χ0n) is 14.3. The Morgan fingerprint density at radius 1 is 1.17 bits per heavy atom. The molecule has 2 heterocycles. The number of nitrogens with zero attached hydrogens (tertiary/aromatic N) is 2. The molecule has 0 bridgehead atoms. The molecule has 124 valence electrons. The molecular formula is C21H24N2O. The van der Waals surface area contributed by atoms with E-state index in [-0.39, 0.29) is 0 Å². The first-order valence-corrected chi connectivity index (χ1v) is 9.05. The van der Waals surface area contributed by atoms with Crippen molar-refractivity contribution in [2.75, 3.05) is 6.61 Å². The Kier molecular flexibility index (Phi) is 4.40. The minimum absolute atomic E-state index is 0.310. The predicted octanol–water partition coefficient (Wildman–Crippen LogP) is 4.19. The highest BCUT2D eigenvalue weighted by Gasteiger charge is 2.18. The molecule has 0 N–H and O–H groups in total. The lowest BCUT2D eigenvalue weighted by Gasteiger charge is -2.23. The fraction of sp³-hybridized carbons (Fsp3) is 0.476. The van der Waals surface area contributed by atoms with E-state index in [0.29, 0.717) is 12.0 Å². The topological polar surface area (TPSA) is 27.1 Å². The van der Waals surface area contributed by atoms with Gasteiger partial charge in [0.25, 0.3) is 0 Å². The van der Waals surface area contributed by atoms with Crippen LogP contribution in [0.4, 0.5) is 0 Å². The summed E-state index contributed by atoms with van der Waals surface area (Å²) in [5.74, 6) is 7.23. The minimum atomic E-state index is 0.310. The molecule has 1 aliphatic carbocycles. The van der Waals surface area contributed by atoms with Gasteiger partial charge in [0, 0.05) is 29.3 Å². The van der Waals surface area contributed by atoms with Gasteiger partial charge in [-0.05, 0) is 56.7 Å². The number of rotatable bonds is 3. The highest BCUT2D eigenvalue weighted by atomic mass is 16.5. The molecule has 2 fully saturated rings. The lowest BCUT2D eigenvalue weighted by Crippen LogP contribution is -2.25. The third kappa shape index (κ3) is 3.55. The summed E-state index contributed by atoms with van der Waals surface area (Å²) < 4.78 is 7.93. The quantitative estimate of drug-likeness (QED) is 0.793. The standard InChI is InChI=1S/C21H24N2O/c1-16-21(14-22-23(16)15-20-4-2-3-13-24-20)19-11-9-18(10-12-19)8-7-17-5-6-17/h9-12,14,17,20H,2-6,13,15H2,1H3/t20-/m0/s1. The van der Waals surface area contributed by atoms with Gasteiger partial charge in [0.15, 0.2) is 0 Å². The number of benzene rings is 1. The molecule has 1 saturated heterocycles. The fourth-order valence-corrected chi connectivity index (χ4v) is 3.20. The van der Waals surface area contributed by atoms with Gasteiger partial charge in [-0.1, -0.05) is 24.0 Å². The second-order valence-electron chi connectivity index (χ2n) is 6.94. The van der Waals surface area contributed by atoms with Gasteiger partial charge in [0.05, 0.1) is 18.8 Å². The van der Waals surface area contributed by atoms with E-state index in [1.54, 1.807) is 0 Å². The Bertz CT molecular complexity index is 753. The molecule has 2 aliphatic rings. The van der Waals surface area contributed by atoms with Gasteiger partial charge in [-0.25, -0.2) is 0 Å². The van der Waals surface area contributed by atoms with Crippen LogP contribution in [0, 0.1) is 24.7 Å². The van der Waals surface area contributed by atoms with Crippen molar-refractivity contribution in [3.05, 3.63) is 41.7 Å². The Balaban J connectivity index is 1.48. The molecule has 1 atom stereocenters. The fourth-order valence-electron chi connectivity index (χ4n) is 3.20. The number of hydrogen-bond donors (Lipinski definition) is 0. The van der Waals surface area contributed by atoms with Gasteiger partial charge in [0.1, 0.15) is 0 Å². The van der Waals surface area contributed by atoms with Gasteiger partial charge in [-0.15, -0.1) is 0 Å². The van der Waals surface area contributed by atoms with E-state index in [4.69, 9.17) is 4.74 Å². The maximum absolute atomic E-state index is 5.84. The summed E-state index contributed by atoms with van der Waals surface area (Å²) in [7, 11) is 0. The van der Waals surface area contributed by atoms with E-state index in [0.717, 1.165) is 25.1 Å². The van der Waals surface area contributed by atoms with Gasteiger partial charge in [0.2, 0.25) is 0 Å². The SMILES string of the molecule is Cc1c(-c2ccc(C#CC3CC3)cc2)cnn1C[C@@H]1CCCCO1. The lowest BCUT2D eigenvalue weighted by atomic mass is 10.0. The van der Waals surface area contributed by atoms with E-state index in [1.807, 2.05) is 6.20 Å². The van der Waals surface area contributed by atoms with Crippen LogP contribution in [0.15, 0.2) is 30.5 Å². The average molecular weight is 320 g/mol. The predicted molar refractivity (Wildman–Crippen MR) is 95.6 cm³/mol. The first-order valence-electron chi connectivity index (χ1n) is 9.05. The zero-order chi connectivity index (χ0) is 16.4. The van der Waals surface area contributed by atoms with Crippen molar-refractivity contribution in [3.63, 3.8) is 0 Å². The van der Waals surface area contributed by atoms with Gasteiger partial charge >= 0.3 is 0 Å². The Morgan fingerprint density at radius 3 is 2.71 bits per heavy atom. The van der Waals surface area contributed by atoms with Crippen molar-refractivity contribution in [3.8, 4) is 23.0 Å². The van der Waals surface area contributed by atoms with Crippen LogP contribution in [-0.4, -0.2) is 22.5 Å². The van der Waals surface area contributed by atoms with Crippen LogP contribution in [0.25, 0.3) is 11.1 Å². The maximum Gasteiger partial charge on any atom is 0.0771 e. The molecular weight excluding hydrogens is 296 g/mol. The molecule has 24 heavy (non-hydrogen) atoms. The highest BCUT2D eigenvalue weighted by molar-refractivity contribution is 5.66. The van der Waals surface area contributed by atoms with Crippen LogP contribution >= 0.6 is 0 Å². The van der Waals surface area contributed by atoms with Gasteiger partial charge in [-0.3, -0.25) is 4.68 Å². The lowest BCUT2D eigenvalue weighted by molar-refractivity contribution is 0.00366. The molecule has 2 aromatic rings. The van der Waals surface area contributed by atoms with E-state index in [9.17, 15) is 0 Å². The molecule has 3 nitrogen and oxygen atoms in total. The van der Waals surface area contributed by atoms with Crippen LogP contribution < -0.4 is 0 Å². The van der Waals surface area contributed by atoms with Crippen LogP contribution in [-0.2, 0) is 11.3 Å². The van der Waals surface area contributed by atoms with Crippen molar-refractivity contribution < 1.29 is 4.74 Å². The van der Waals surface area contributed by atoms with Gasteiger partial charge < -0.3 is 4.74 Å². The maximum atomic E-state index is 5.84. The van der Waals surface area contributed by atoms with Crippen molar-refractivity contribution in [1.82, 2.24) is 9.78 Å². The normalized spacial score (nSPS) is 20.5. The molecule has 0 amide bonds. The molecule has 0 spiro atoms. The highest BCUT2D eigenvalue weighted by Crippen LogP contribution is 2.28. The summed E-state index contributed by atoms with van der Waals surface area (Å²) in [6.07, 6.45) is 8.43. The molecule has 0 unspecified atom stereocenters. The molecule has 1 aromatic heterocycles. The van der Waals surface area contributed by atoms with Crippen LogP contribution in [0.3, 0.4) is 0 Å². The van der Waals surface area contributed by atoms with Crippen LogP contribution in [0.2, 0.25) is 0 Å². The summed E-state index contributed by atoms with van der Waals surface area (Å²) in [6, 6.07) is 8.54. The second-order valence-corrected chi connectivity index (χ2v) is 6.94. The van der Waals surface area contributed by atoms with Crippen LogP contribution in [0.5, 0.6) is 0 Å². The average Bonchev–Trinajstić information content (AvgIpc) is 3.39. The Hall–Kier alpha value is -2.05. The first kappa shape index (κ1) is 15.5. The molecule has 1 aliphatic heterocycles. The van der Waals surface area contributed by atoms with Gasteiger partial charge in [-0.2, -0.15) is 5.10 Å². The summed E-state index contributed by atoms with van der Waals surface area (Å²) >= 11 is 0. The molecule has 0 radical (unpaired) electrons. The molecule has 1 aromatic carbocycles. The number of aromatic nitrogens is 2. The van der Waals surface area contributed by atoms with E-state index in [1.165, 1.54) is 42.5 Å². The Morgan fingerprint density at radius 2 is 2.00 bits per heavy atom. The first-order chi connectivity index (χ1) is 11.8. The van der Waals surface area contributed by atoms with E-state index in [2.05, 4.69) is 52.8 Å². The molecule has 4 rings (SSSR count). The molecule has 1 saturated carbocycles. The second kappa shape index (κ2) is 6.83. The minimum Gasteiger partial charge on any atom is -0.376 e. The van der Waals surface area contributed by atoms with Crippen molar-refractivity contribution in [2.45, 2.75) is 51.7 Å². The number of ether oxygens (including phenoxy) is 1. The van der Waals surface area contributed by atoms with Crippen molar-refractivity contribution in [1.29, 1.82) is 0 Å². The summed E-state index contributed by atoms with van der Waals surface area (Å²) in [6.45, 7) is 3.89. The van der Waals surface area contributed by atoms with E-state index < -0.39 is 0 Å². The zero-order valence-corrected chi connectivity index (χ0v) is 14.3. The Labute approximate surface area is 144 Å². The largest absolute Gasteiger partial charge is 0.376 e. The summed E-state index contributed by atoms with van der Waals surface area (Å²) in [4.78, 5) is 0. The number of hydrogen-bond acceptors (Lipinski definition) is 2. The van der Waals surface area contributed by atoms with Crippen molar-refractivity contribution in [2.24, 2.45) is 5.92 Å². The third-order valence-electron chi connectivity index (χ3n) is 4.95. The van der Waals surface area contributed by atoms with E-state index >= 15 is 0 Å². The third-order valence-corrected chi connectivity index (χ3v) is 4.95. The summed E-state index contributed by atoms with van der Waals surface area (Å²) in [5, 5.41) is 4.59. The van der Waals surface area contributed by atoms with Crippen LogP contribution in [0.1, 0.15) is 43.4 Å². The summed E-state index contributed by atoms with van der Waals surface area (Å²) in [5.41, 5.74) is 4.72. The smallest absolute Gasteiger partial charge is 0.0771 e.